The Balaban J connectivity index is 2.21. The Morgan fingerprint density at radius 2 is 1.85 bits per heavy atom. The lowest BCUT2D eigenvalue weighted by Crippen LogP contribution is -2.16. The summed E-state index contributed by atoms with van der Waals surface area (Å²) in [6.07, 6.45) is 8.59. The number of nitrogens with one attached hydrogen (secondary N) is 1. The van der Waals surface area contributed by atoms with Crippen molar-refractivity contribution in [2.24, 2.45) is 5.92 Å². The maximum absolute atomic E-state index is 4.85. The van der Waals surface area contributed by atoms with Crippen molar-refractivity contribution in [2.45, 2.75) is 64.7 Å². The third kappa shape index (κ3) is 3.51. The van der Waals surface area contributed by atoms with E-state index >= 15 is 0 Å². The van der Waals surface area contributed by atoms with Crippen molar-refractivity contribution in [2.75, 3.05) is 12.4 Å². The van der Waals surface area contributed by atoms with Crippen molar-refractivity contribution in [3.8, 4) is 0 Å². The molecule has 1 saturated carbocycles. The number of halogens is 1. The number of aryl methyl sites for hydroxylation is 1. The second kappa shape index (κ2) is 7.39. The van der Waals surface area contributed by atoms with Gasteiger partial charge in [-0.25, -0.2) is 9.97 Å². The molecule has 0 radical (unpaired) electrons. The molecule has 2 rings (SSSR count). The van der Waals surface area contributed by atoms with E-state index in [0.29, 0.717) is 5.92 Å². The van der Waals surface area contributed by atoms with Gasteiger partial charge in [0.25, 0.3) is 0 Å². The summed E-state index contributed by atoms with van der Waals surface area (Å²) in [6, 6.07) is 0. The highest BCUT2D eigenvalue weighted by Gasteiger charge is 2.24. The summed E-state index contributed by atoms with van der Waals surface area (Å²) < 4.78 is 1.04. The Hall–Kier alpha value is -0.640. The smallest absolute Gasteiger partial charge is 0.144 e. The Bertz CT molecular complexity index is 440. The predicted octanol–water partition coefficient (Wildman–Crippen LogP) is 4.92. The third-order valence-electron chi connectivity index (χ3n) is 4.45. The number of hydrogen-bond acceptors (Lipinski definition) is 3. The van der Waals surface area contributed by atoms with E-state index < -0.39 is 0 Å². The number of rotatable bonds is 5. The summed E-state index contributed by atoms with van der Waals surface area (Å²) in [4.78, 5) is 9.59. The average Bonchev–Trinajstić information content (AvgIpc) is 2.49. The molecule has 0 aromatic carbocycles. The van der Waals surface area contributed by atoms with Gasteiger partial charge in [-0.1, -0.05) is 26.7 Å². The van der Waals surface area contributed by atoms with E-state index in [-0.39, 0.29) is 0 Å². The van der Waals surface area contributed by atoms with E-state index in [0.717, 1.165) is 40.6 Å². The van der Waals surface area contributed by atoms with Crippen LogP contribution in [0.1, 0.15) is 69.8 Å². The lowest BCUT2D eigenvalue weighted by atomic mass is 9.80. The average molecular weight is 340 g/mol. The molecule has 4 heteroatoms. The molecule has 3 nitrogen and oxygen atoms in total. The molecule has 0 unspecified atom stereocenters. The summed E-state index contributed by atoms with van der Waals surface area (Å²) in [6.45, 7) is 4.50. The fraction of sp³-hybridized carbons (Fsp3) is 0.750. The molecule has 1 N–H and O–H groups in total. The molecule has 1 aromatic rings. The summed E-state index contributed by atoms with van der Waals surface area (Å²) >= 11 is 3.63. The Morgan fingerprint density at radius 1 is 1.15 bits per heavy atom. The Morgan fingerprint density at radius 3 is 2.40 bits per heavy atom. The quantitative estimate of drug-likeness (QED) is 0.827. The zero-order valence-corrected chi connectivity index (χ0v) is 14.5. The van der Waals surface area contributed by atoms with Crippen LogP contribution in [0, 0.1) is 5.92 Å². The molecule has 1 aromatic heterocycles. The highest BCUT2D eigenvalue weighted by atomic mass is 79.9. The van der Waals surface area contributed by atoms with Gasteiger partial charge in [-0.2, -0.15) is 0 Å². The standard InChI is InChI=1S/C16H26BrN3/c1-4-6-13-14(17)16(18-3)20-15(19-13)12-9-7-11(5-2)8-10-12/h11-12H,4-10H2,1-3H3,(H,18,19,20). The van der Waals surface area contributed by atoms with Crippen molar-refractivity contribution >= 4 is 21.7 Å². The molecular weight excluding hydrogens is 314 g/mol. The first kappa shape index (κ1) is 15.7. The molecule has 1 heterocycles. The van der Waals surface area contributed by atoms with Gasteiger partial charge in [0.05, 0.1) is 10.2 Å². The van der Waals surface area contributed by atoms with E-state index in [2.05, 4.69) is 35.1 Å². The van der Waals surface area contributed by atoms with Crippen LogP contribution in [0.2, 0.25) is 0 Å². The van der Waals surface area contributed by atoms with Gasteiger partial charge in [0.1, 0.15) is 11.6 Å². The zero-order chi connectivity index (χ0) is 14.5. The van der Waals surface area contributed by atoms with Crippen molar-refractivity contribution in [3.05, 3.63) is 16.0 Å². The fourth-order valence-corrected chi connectivity index (χ4v) is 3.67. The van der Waals surface area contributed by atoms with E-state index in [1.165, 1.54) is 32.1 Å². The number of aromatic nitrogens is 2. The van der Waals surface area contributed by atoms with Gasteiger partial charge in [-0.3, -0.25) is 0 Å². The molecular formula is C16H26BrN3. The van der Waals surface area contributed by atoms with Gasteiger partial charge in [0, 0.05) is 13.0 Å². The summed E-state index contributed by atoms with van der Waals surface area (Å²) in [7, 11) is 1.93. The first-order valence-electron chi connectivity index (χ1n) is 7.93. The van der Waals surface area contributed by atoms with Crippen LogP contribution in [0.25, 0.3) is 0 Å². The maximum Gasteiger partial charge on any atom is 0.144 e. The second-order valence-corrected chi connectivity index (χ2v) is 6.61. The second-order valence-electron chi connectivity index (χ2n) is 5.82. The molecule has 1 fully saturated rings. The molecule has 112 valence electrons. The third-order valence-corrected chi connectivity index (χ3v) is 5.28. The van der Waals surface area contributed by atoms with Crippen molar-refractivity contribution in [3.63, 3.8) is 0 Å². The van der Waals surface area contributed by atoms with Crippen LogP contribution in [0.15, 0.2) is 4.47 Å². The van der Waals surface area contributed by atoms with Gasteiger partial charge in [0.2, 0.25) is 0 Å². The van der Waals surface area contributed by atoms with E-state index in [1.54, 1.807) is 0 Å². The summed E-state index contributed by atoms with van der Waals surface area (Å²) in [5.41, 5.74) is 1.15. The molecule has 0 bridgehead atoms. The first-order chi connectivity index (χ1) is 9.69. The largest absolute Gasteiger partial charge is 0.372 e. The SMILES string of the molecule is CCCc1nc(C2CCC(CC)CC2)nc(NC)c1Br. The molecule has 0 atom stereocenters. The van der Waals surface area contributed by atoms with Gasteiger partial charge in [-0.05, 0) is 54.0 Å². The van der Waals surface area contributed by atoms with Crippen molar-refractivity contribution in [1.29, 1.82) is 0 Å². The number of anilines is 1. The maximum atomic E-state index is 4.85. The van der Waals surface area contributed by atoms with Crippen molar-refractivity contribution < 1.29 is 0 Å². The fourth-order valence-electron chi connectivity index (χ4n) is 3.09. The van der Waals surface area contributed by atoms with Crippen LogP contribution in [0.4, 0.5) is 5.82 Å². The Labute approximate surface area is 131 Å². The van der Waals surface area contributed by atoms with Gasteiger partial charge in [-0.15, -0.1) is 0 Å². The minimum absolute atomic E-state index is 0.550. The molecule has 1 aliphatic rings. The van der Waals surface area contributed by atoms with Gasteiger partial charge in [0.15, 0.2) is 0 Å². The number of hydrogen-bond donors (Lipinski definition) is 1. The normalized spacial score (nSPS) is 22.8. The molecule has 1 aliphatic carbocycles. The lowest BCUT2D eigenvalue weighted by molar-refractivity contribution is 0.312. The summed E-state index contributed by atoms with van der Waals surface area (Å²) in [5, 5.41) is 3.20. The molecule has 20 heavy (non-hydrogen) atoms. The van der Waals surface area contributed by atoms with Crippen LogP contribution in [-0.4, -0.2) is 17.0 Å². The van der Waals surface area contributed by atoms with E-state index in [9.17, 15) is 0 Å². The van der Waals surface area contributed by atoms with E-state index in [1.807, 2.05) is 7.05 Å². The molecule has 0 aliphatic heterocycles. The van der Waals surface area contributed by atoms with Crippen LogP contribution >= 0.6 is 15.9 Å². The molecule has 0 spiro atoms. The van der Waals surface area contributed by atoms with Gasteiger partial charge < -0.3 is 5.32 Å². The van der Waals surface area contributed by atoms with Crippen molar-refractivity contribution in [1.82, 2.24) is 9.97 Å². The predicted molar refractivity (Wildman–Crippen MR) is 88.3 cm³/mol. The topological polar surface area (TPSA) is 37.8 Å². The monoisotopic (exact) mass is 339 g/mol. The molecule has 0 saturated heterocycles. The lowest BCUT2D eigenvalue weighted by Gasteiger charge is -2.27. The molecule has 0 amide bonds. The Kier molecular flexibility index (Phi) is 5.82. The summed E-state index contributed by atoms with van der Waals surface area (Å²) in [5.74, 6) is 3.46. The van der Waals surface area contributed by atoms with Crippen LogP contribution < -0.4 is 5.32 Å². The van der Waals surface area contributed by atoms with Crippen LogP contribution in [0.5, 0.6) is 0 Å². The minimum atomic E-state index is 0.550. The first-order valence-corrected chi connectivity index (χ1v) is 8.72. The zero-order valence-electron chi connectivity index (χ0n) is 12.9. The van der Waals surface area contributed by atoms with Crippen LogP contribution in [-0.2, 0) is 6.42 Å². The highest BCUT2D eigenvalue weighted by Crippen LogP contribution is 2.37. The van der Waals surface area contributed by atoms with Gasteiger partial charge >= 0.3 is 0 Å². The van der Waals surface area contributed by atoms with Crippen LogP contribution in [0.3, 0.4) is 0 Å². The minimum Gasteiger partial charge on any atom is -0.372 e. The highest BCUT2D eigenvalue weighted by molar-refractivity contribution is 9.10. The van der Waals surface area contributed by atoms with E-state index in [4.69, 9.17) is 9.97 Å². The number of nitrogens with zero attached hydrogens (tertiary/aromatic N) is 2.